The summed E-state index contributed by atoms with van der Waals surface area (Å²) in [6, 6.07) is 7.18. The minimum Gasteiger partial charge on any atom is -0.385 e. The molecule has 22 heavy (non-hydrogen) atoms. The van der Waals surface area contributed by atoms with Crippen LogP contribution in [-0.4, -0.2) is 35.7 Å². The molecule has 2 rings (SSSR count). The Morgan fingerprint density at radius 3 is 2.95 bits per heavy atom. The lowest BCUT2D eigenvalue weighted by atomic mass is 10.2. The summed E-state index contributed by atoms with van der Waals surface area (Å²) in [5, 5.41) is 3.35. The molecule has 2 aromatic rings. The van der Waals surface area contributed by atoms with Crippen LogP contribution in [0, 0.1) is 4.77 Å². The van der Waals surface area contributed by atoms with Gasteiger partial charge < -0.3 is 15.0 Å². The number of H-pyrrole nitrogens is 1. The maximum Gasteiger partial charge on any atom is 0.262 e. The molecule has 6 nitrogen and oxygen atoms in total. The van der Waals surface area contributed by atoms with E-state index in [1.54, 1.807) is 25.3 Å². The molecular weight excluding hydrogens is 302 g/mol. The Balaban J connectivity index is 2.04. The van der Waals surface area contributed by atoms with Gasteiger partial charge >= 0.3 is 0 Å². The molecule has 0 saturated heterocycles. The highest BCUT2D eigenvalue weighted by Crippen LogP contribution is 2.06. The van der Waals surface area contributed by atoms with E-state index < -0.39 is 0 Å². The summed E-state index contributed by atoms with van der Waals surface area (Å²) in [5.74, 6) is -0.106. The number of rotatable bonds is 7. The lowest BCUT2D eigenvalue weighted by molar-refractivity contribution is -0.121. The van der Waals surface area contributed by atoms with Crippen LogP contribution in [0.1, 0.15) is 12.8 Å². The number of carbonyl (C=O) groups is 1. The molecular formula is C15H19N3O3S. The van der Waals surface area contributed by atoms with Gasteiger partial charge in [-0.3, -0.25) is 14.2 Å². The minimum atomic E-state index is -0.175. The Labute approximate surface area is 133 Å². The fraction of sp³-hybridized carbons (Fsp3) is 0.400. The van der Waals surface area contributed by atoms with E-state index in [9.17, 15) is 9.59 Å². The number of para-hydroxylation sites is 1. The van der Waals surface area contributed by atoms with Crippen molar-refractivity contribution in [2.75, 3.05) is 20.3 Å². The molecule has 0 aliphatic rings. The van der Waals surface area contributed by atoms with Gasteiger partial charge in [-0.25, -0.2) is 0 Å². The number of nitrogens with zero attached hydrogens (tertiary/aromatic N) is 1. The number of ether oxygens (including phenoxy) is 1. The normalized spacial score (nSPS) is 10.8. The van der Waals surface area contributed by atoms with Gasteiger partial charge in [-0.05, 0) is 30.8 Å². The number of carbonyl (C=O) groups excluding carboxylic acids is 1. The first-order valence-electron chi connectivity index (χ1n) is 7.11. The van der Waals surface area contributed by atoms with Gasteiger partial charge in [0.25, 0.3) is 5.56 Å². The van der Waals surface area contributed by atoms with Gasteiger partial charge in [0, 0.05) is 33.2 Å². The fourth-order valence-corrected chi connectivity index (χ4v) is 2.43. The Kier molecular flexibility index (Phi) is 5.85. The van der Waals surface area contributed by atoms with Crippen molar-refractivity contribution >= 4 is 29.0 Å². The third-order valence-corrected chi connectivity index (χ3v) is 3.62. The largest absolute Gasteiger partial charge is 0.385 e. The summed E-state index contributed by atoms with van der Waals surface area (Å²) in [7, 11) is 1.62. The number of benzene rings is 1. The van der Waals surface area contributed by atoms with E-state index in [2.05, 4.69) is 10.3 Å². The molecule has 0 saturated carbocycles. The molecule has 0 atom stereocenters. The molecule has 0 bridgehead atoms. The van der Waals surface area contributed by atoms with Crippen LogP contribution in [-0.2, 0) is 16.1 Å². The second kappa shape index (κ2) is 7.86. The van der Waals surface area contributed by atoms with Crippen LogP contribution in [0.2, 0.25) is 0 Å². The summed E-state index contributed by atoms with van der Waals surface area (Å²) in [4.78, 5) is 27.2. The number of amides is 1. The molecule has 0 aliphatic carbocycles. The second-order valence-electron chi connectivity index (χ2n) is 4.88. The quantitative estimate of drug-likeness (QED) is 0.600. The maximum atomic E-state index is 12.4. The zero-order chi connectivity index (χ0) is 15.9. The molecule has 2 N–H and O–H groups in total. The molecule has 1 aromatic carbocycles. The van der Waals surface area contributed by atoms with E-state index in [-0.39, 0.29) is 24.4 Å². The highest BCUT2D eigenvalue weighted by atomic mass is 32.1. The summed E-state index contributed by atoms with van der Waals surface area (Å²) in [6.45, 7) is 1.43. The standard InChI is InChI=1S/C15H19N3O3S/c1-21-10-4-8-16-13(19)7-9-18-14(20)11-5-2-3-6-12(11)17-15(18)22/h2-3,5-6H,4,7-10H2,1H3,(H,16,19)(H,17,22). The van der Waals surface area contributed by atoms with Crippen molar-refractivity contribution in [2.45, 2.75) is 19.4 Å². The SMILES string of the molecule is COCCCNC(=O)CCn1c(=S)[nH]c2ccccc2c1=O. The molecule has 1 amide bonds. The van der Waals surface area contributed by atoms with Crippen molar-refractivity contribution in [1.29, 1.82) is 0 Å². The van der Waals surface area contributed by atoms with Crippen molar-refractivity contribution in [2.24, 2.45) is 0 Å². The first-order valence-corrected chi connectivity index (χ1v) is 7.52. The van der Waals surface area contributed by atoms with Gasteiger partial charge in [0.15, 0.2) is 4.77 Å². The fourth-order valence-electron chi connectivity index (χ4n) is 2.15. The van der Waals surface area contributed by atoms with Crippen LogP contribution in [0.25, 0.3) is 10.9 Å². The van der Waals surface area contributed by atoms with Crippen LogP contribution in [0.3, 0.4) is 0 Å². The second-order valence-corrected chi connectivity index (χ2v) is 5.27. The van der Waals surface area contributed by atoms with Crippen molar-refractivity contribution in [1.82, 2.24) is 14.9 Å². The van der Waals surface area contributed by atoms with E-state index in [4.69, 9.17) is 17.0 Å². The predicted octanol–water partition coefficient (Wildman–Crippen LogP) is 1.60. The van der Waals surface area contributed by atoms with E-state index in [0.29, 0.717) is 28.8 Å². The molecule has 0 unspecified atom stereocenters. The molecule has 118 valence electrons. The average molecular weight is 321 g/mol. The van der Waals surface area contributed by atoms with Gasteiger partial charge in [0.05, 0.1) is 10.9 Å². The van der Waals surface area contributed by atoms with Crippen LogP contribution in [0.15, 0.2) is 29.1 Å². The number of hydrogen-bond donors (Lipinski definition) is 2. The van der Waals surface area contributed by atoms with Crippen molar-refractivity contribution in [3.63, 3.8) is 0 Å². The Hall–Kier alpha value is -1.99. The number of aromatic nitrogens is 2. The van der Waals surface area contributed by atoms with Gasteiger partial charge in [-0.2, -0.15) is 0 Å². The van der Waals surface area contributed by atoms with E-state index in [1.807, 2.05) is 6.07 Å². The van der Waals surface area contributed by atoms with Gasteiger partial charge in [0.2, 0.25) is 5.91 Å². The summed E-state index contributed by atoms with van der Waals surface area (Å²) < 4.78 is 6.66. The minimum absolute atomic E-state index is 0.106. The zero-order valence-corrected chi connectivity index (χ0v) is 13.2. The van der Waals surface area contributed by atoms with Gasteiger partial charge in [-0.15, -0.1) is 0 Å². The lowest BCUT2D eigenvalue weighted by Crippen LogP contribution is -2.29. The summed E-state index contributed by atoms with van der Waals surface area (Å²) in [5.41, 5.74) is 0.532. The van der Waals surface area contributed by atoms with Crippen molar-refractivity contribution in [3.8, 4) is 0 Å². The molecule has 1 heterocycles. The topological polar surface area (TPSA) is 76.1 Å². The molecule has 0 radical (unpaired) electrons. The van der Waals surface area contributed by atoms with E-state index in [1.165, 1.54) is 4.57 Å². The average Bonchev–Trinajstić information content (AvgIpc) is 2.51. The highest BCUT2D eigenvalue weighted by Gasteiger charge is 2.07. The Morgan fingerprint density at radius 2 is 2.18 bits per heavy atom. The Bertz CT molecular complexity index is 766. The first kappa shape index (κ1) is 16.4. The van der Waals surface area contributed by atoms with Crippen molar-refractivity contribution < 1.29 is 9.53 Å². The van der Waals surface area contributed by atoms with Gasteiger partial charge in [-0.1, -0.05) is 12.1 Å². The molecule has 0 fully saturated rings. The van der Waals surface area contributed by atoms with Crippen LogP contribution in [0.4, 0.5) is 0 Å². The summed E-state index contributed by atoms with van der Waals surface area (Å²) >= 11 is 5.20. The Morgan fingerprint density at radius 1 is 1.41 bits per heavy atom. The first-order chi connectivity index (χ1) is 10.6. The smallest absolute Gasteiger partial charge is 0.262 e. The molecule has 0 spiro atoms. The zero-order valence-electron chi connectivity index (χ0n) is 12.4. The molecule has 0 aliphatic heterocycles. The monoisotopic (exact) mass is 321 g/mol. The lowest BCUT2D eigenvalue weighted by Gasteiger charge is -2.08. The van der Waals surface area contributed by atoms with Crippen LogP contribution in [0.5, 0.6) is 0 Å². The van der Waals surface area contributed by atoms with E-state index in [0.717, 1.165) is 6.42 Å². The number of nitrogens with one attached hydrogen (secondary N) is 2. The predicted molar refractivity (Wildman–Crippen MR) is 87.5 cm³/mol. The maximum absolute atomic E-state index is 12.4. The van der Waals surface area contributed by atoms with E-state index >= 15 is 0 Å². The van der Waals surface area contributed by atoms with Crippen LogP contribution < -0.4 is 10.9 Å². The summed E-state index contributed by atoms with van der Waals surface area (Å²) in [6.07, 6.45) is 0.973. The number of hydrogen-bond acceptors (Lipinski definition) is 4. The number of methoxy groups -OCH3 is 1. The molecule has 1 aromatic heterocycles. The molecule has 7 heteroatoms. The van der Waals surface area contributed by atoms with Crippen molar-refractivity contribution in [3.05, 3.63) is 39.4 Å². The third kappa shape index (κ3) is 4.02. The van der Waals surface area contributed by atoms with Crippen LogP contribution >= 0.6 is 12.2 Å². The highest BCUT2D eigenvalue weighted by molar-refractivity contribution is 7.71. The third-order valence-electron chi connectivity index (χ3n) is 3.30. The number of aromatic amines is 1. The van der Waals surface area contributed by atoms with Gasteiger partial charge in [0.1, 0.15) is 0 Å². The number of fused-ring (bicyclic) bond motifs is 1.